The largest absolute Gasteiger partial charge is 0.316 e. The van der Waals surface area contributed by atoms with E-state index in [4.69, 9.17) is 23.2 Å². The molecule has 1 aliphatic rings. The van der Waals surface area contributed by atoms with Gasteiger partial charge < -0.3 is 5.32 Å². The standard InChI is InChI=1S/C14H17Cl2NO/c15-13-2-1-3-14(16)12(13)8-11(18)5-4-10-6-7-17-9-10/h1-3,10,17H,4-9H2. The Bertz CT molecular complexity index is 408. The van der Waals surface area contributed by atoms with E-state index in [1.54, 1.807) is 18.2 Å². The summed E-state index contributed by atoms with van der Waals surface area (Å²) in [6, 6.07) is 5.34. The number of hydrogen-bond donors (Lipinski definition) is 1. The molecular weight excluding hydrogens is 269 g/mol. The van der Waals surface area contributed by atoms with E-state index in [1.165, 1.54) is 6.42 Å². The fourth-order valence-electron chi connectivity index (χ4n) is 2.31. The smallest absolute Gasteiger partial charge is 0.137 e. The van der Waals surface area contributed by atoms with Crippen LogP contribution >= 0.6 is 23.2 Å². The summed E-state index contributed by atoms with van der Waals surface area (Å²) in [5, 5.41) is 4.47. The molecule has 0 bridgehead atoms. The zero-order chi connectivity index (χ0) is 13.0. The molecule has 18 heavy (non-hydrogen) atoms. The van der Waals surface area contributed by atoms with Crippen LogP contribution in [-0.4, -0.2) is 18.9 Å². The number of hydrogen-bond acceptors (Lipinski definition) is 2. The normalized spacial score (nSPS) is 19.1. The molecule has 98 valence electrons. The third-order valence-corrected chi connectivity index (χ3v) is 4.14. The molecule has 1 aromatic rings. The van der Waals surface area contributed by atoms with Gasteiger partial charge in [0.1, 0.15) is 5.78 Å². The van der Waals surface area contributed by atoms with Gasteiger partial charge in [-0.3, -0.25) is 4.79 Å². The number of nitrogens with one attached hydrogen (secondary N) is 1. The molecule has 0 saturated carbocycles. The summed E-state index contributed by atoms with van der Waals surface area (Å²) >= 11 is 12.1. The summed E-state index contributed by atoms with van der Waals surface area (Å²) in [7, 11) is 0. The van der Waals surface area contributed by atoms with Gasteiger partial charge in [0.05, 0.1) is 0 Å². The number of benzene rings is 1. The predicted molar refractivity (Wildman–Crippen MR) is 75.4 cm³/mol. The van der Waals surface area contributed by atoms with Gasteiger partial charge in [-0.05, 0) is 49.5 Å². The Labute approximate surface area is 118 Å². The van der Waals surface area contributed by atoms with Crippen molar-refractivity contribution in [1.82, 2.24) is 5.32 Å². The molecule has 1 fully saturated rings. The number of halogens is 2. The molecule has 1 saturated heterocycles. The molecular formula is C14H17Cl2NO. The summed E-state index contributed by atoms with van der Waals surface area (Å²) in [4.78, 5) is 11.9. The third-order valence-electron chi connectivity index (χ3n) is 3.43. The molecule has 2 rings (SSSR count). The van der Waals surface area contributed by atoms with Crippen molar-refractivity contribution in [2.45, 2.75) is 25.7 Å². The van der Waals surface area contributed by atoms with Crippen LogP contribution < -0.4 is 5.32 Å². The van der Waals surface area contributed by atoms with E-state index in [-0.39, 0.29) is 5.78 Å². The zero-order valence-electron chi connectivity index (χ0n) is 10.2. The maximum atomic E-state index is 11.9. The number of carbonyl (C=O) groups excluding carboxylic acids is 1. The number of carbonyl (C=O) groups is 1. The van der Waals surface area contributed by atoms with Gasteiger partial charge in [0.25, 0.3) is 0 Å². The minimum Gasteiger partial charge on any atom is -0.316 e. The first kappa shape index (κ1) is 13.9. The third kappa shape index (κ3) is 3.71. The maximum absolute atomic E-state index is 11.9. The van der Waals surface area contributed by atoms with Gasteiger partial charge >= 0.3 is 0 Å². The molecule has 1 N–H and O–H groups in total. The van der Waals surface area contributed by atoms with E-state index in [9.17, 15) is 4.79 Å². The van der Waals surface area contributed by atoms with Crippen LogP contribution in [0.2, 0.25) is 10.0 Å². The Balaban J connectivity index is 1.86. The summed E-state index contributed by atoms with van der Waals surface area (Å²) in [5.41, 5.74) is 0.760. The van der Waals surface area contributed by atoms with Crippen molar-refractivity contribution in [3.05, 3.63) is 33.8 Å². The lowest BCUT2D eigenvalue weighted by Crippen LogP contribution is -2.11. The Kier molecular flexibility index (Phi) is 5.04. The van der Waals surface area contributed by atoms with Crippen LogP contribution in [0.15, 0.2) is 18.2 Å². The van der Waals surface area contributed by atoms with Crippen molar-refractivity contribution in [2.24, 2.45) is 5.92 Å². The Morgan fingerprint density at radius 1 is 1.33 bits per heavy atom. The highest BCUT2D eigenvalue weighted by Gasteiger charge is 2.17. The summed E-state index contributed by atoms with van der Waals surface area (Å²) in [6.45, 7) is 2.12. The summed E-state index contributed by atoms with van der Waals surface area (Å²) < 4.78 is 0. The van der Waals surface area contributed by atoms with Gasteiger partial charge in [0.15, 0.2) is 0 Å². The van der Waals surface area contributed by atoms with E-state index in [1.807, 2.05) is 0 Å². The van der Waals surface area contributed by atoms with Gasteiger partial charge in [0, 0.05) is 22.9 Å². The molecule has 0 spiro atoms. The maximum Gasteiger partial charge on any atom is 0.137 e. The Hall–Kier alpha value is -0.570. The highest BCUT2D eigenvalue weighted by Crippen LogP contribution is 2.25. The van der Waals surface area contributed by atoms with E-state index < -0.39 is 0 Å². The molecule has 0 radical (unpaired) electrons. The summed E-state index contributed by atoms with van der Waals surface area (Å²) in [6.07, 6.45) is 3.11. The molecule has 1 atom stereocenters. The fraction of sp³-hybridized carbons (Fsp3) is 0.500. The first-order valence-electron chi connectivity index (χ1n) is 6.32. The minimum atomic E-state index is 0.219. The van der Waals surface area contributed by atoms with Crippen LogP contribution in [0.5, 0.6) is 0 Å². The van der Waals surface area contributed by atoms with Crippen LogP contribution in [0.4, 0.5) is 0 Å². The van der Waals surface area contributed by atoms with Crippen molar-refractivity contribution in [3.63, 3.8) is 0 Å². The topological polar surface area (TPSA) is 29.1 Å². The monoisotopic (exact) mass is 285 g/mol. The molecule has 1 unspecified atom stereocenters. The fourth-order valence-corrected chi connectivity index (χ4v) is 2.84. The van der Waals surface area contributed by atoms with Crippen molar-refractivity contribution < 1.29 is 4.79 Å². The van der Waals surface area contributed by atoms with E-state index >= 15 is 0 Å². The average molecular weight is 286 g/mol. The highest BCUT2D eigenvalue weighted by atomic mass is 35.5. The summed E-state index contributed by atoms with van der Waals surface area (Å²) in [5.74, 6) is 0.868. The minimum absolute atomic E-state index is 0.219. The molecule has 0 amide bonds. The average Bonchev–Trinajstić information content (AvgIpc) is 2.84. The Morgan fingerprint density at radius 3 is 2.67 bits per heavy atom. The van der Waals surface area contributed by atoms with Crippen molar-refractivity contribution in [2.75, 3.05) is 13.1 Å². The van der Waals surface area contributed by atoms with Gasteiger partial charge in [-0.15, -0.1) is 0 Å². The second-order valence-electron chi connectivity index (χ2n) is 4.81. The molecule has 0 aromatic heterocycles. The second kappa shape index (κ2) is 6.55. The van der Waals surface area contributed by atoms with Gasteiger partial charge in [-0.2, -0.15) is 0 Å². The van der Waals surface area contributed by atoms with Crippen LogP contribution in [-0.2, 0) is 11.2 Å². The van der Waals surface area contributed by atoms with E-state index in [2.05, 4.69) is 5.32 Å². The lowest BCUT2D eigenvalue weighted by molar-refractivity contribution is -0.118. The van der Waals surface area contributed by atoms with Crippen molar-refractivity contribution in [3.8, 4) is 0 Å². The predicted octanol–water partition coefficient (Wildman–Crippen LogP) is 3.49. The van der Waals surface area contributed by atoms with Crippen LogP contribution in [0.1, 0.15) is 24.8 Å². The quantitative estimate of drug-likeness (QED) is 0.897. The van der Waals surface area contributed by atoms with E-state index in [0.717, 1.165) is 25.1 Å². The number of ketones is 1. The molecule has 2 nitrogen and oxygen atoms in total. The van der Waals surface area contributed by atoms with Crippen LogP contribution in [0.3, 0.4) is 0 Å². The molecule has 4 heteroatoms. The molecule has 0 aliphatic carbocycles. The molecule has 1 aliphatic heterocycles. The van der Waals surface area contributed by atoms with Crippen molar-refractivity contribution >= 4 is 29.0 Å². The Morgan fingerprint density at radius 2 is 2.06 bits per heavy atom. The first-order valence-corrected chi connectivity index (χ1v) is 7.07. The van der Waals surface area contributed by atoms with Gasteiger partial charge in [0.2, 0.25) is 0 Å². The molecule has 1 aromatic carbocycles. The van der Waals surface area contributed by atoms with Crippen LogP contribution in [0.25, 0.3) is 0 Å². The number of Topliss-reactive ketones (excluding diaryl/α,β-unsaturated/α-hetero) is 1. The zero-order valence-corrected chi connectivity index (χ0v) is 11.7. The van der Waals surface area contributed by atoms with Crippen molar-refractivity contribution in [1.29, 1.82) is 0 Å². The van der Waals surface area contributed by atoms with Gasteiger partial charge in [-0.1, -0.05) is 29.3 Å². The van der Waals surface area contributed by atoms with Gasteiger partial charge in [-0.25, -0.2) is 0 Å². The van der Waals surface area contributed by atoms with E-state index in [0.29, 0.717) is 28.8 Å². The van der Waals surface area contributed by atoms with Crippen LogP contribution in [0, 0.1) is 5.92 Å². The lowest BCUT2D eigenvalue weighted by Gasteiger charge is -2.09. The second-order valence-corrected chi connectivity index (χ2v) is 5.63. The highest BCUT2D eigenvalue weighted by molar-refractivity contribution is 6.36. The SMILES string of the molecule is O=C(CCC1CCNC1)Cc1c(Cl)cccc1Cl. The first-order chi connectivity index (χ1) is 8.66. The lowest BCUT2D eigenvalue weighted by atomic mass is 9.98. The number of rotatable bonds is 5. The molecule has 1 heterocycles.